The van der Waals surface area contributed by atoms with Crippen LogP contribution in [0, 0.1) is 0 Å². The number of piperidine rings is 2. The van der Waals surface area contributed by atoms with Crippen molar-refractivity contribution in [3.63, 3.8) is 0 Å². The molecule has 0 spiro atoms. The largest absolute Gasteiger partial charge is 0.480 e. The predicted octanol–water partition coefficient (Wildman–Crippen LogP) is 0.774. The van der Waals surface area contributed by atoms with Crippen LogP contribution in [0.15, 0.2) is 0 Å². The minimum absolute atomic E-state index is 0.160. The van der Waals surface area contributed by atoms with Gasteiger partial charge in [-0.3, -0.25) is 4.79 Å². The number of hydrogen-bond donors (Lipinski definition) is 3. The highest BCUT2D eigenvalue weighted by Gasteiger charge is 2.36. The molecular formula is C13H23N3O3. The number of hydrogen-bond acceptors (Lipinski definition) is 3. The average Bonchev–Trinajstić information content (AvgIpc) is 2.30. The SMILES string of the molecule is CC(NC(=O)NC1CC2CCCC(C1)N2C)C(=O)O. The predicted molar refractivity (Wildman–Crippen MR) is 71.0 cm³/mol. The van der Waals surface area contributed by atoms with Gasteiger partial charge in [-0.2, -0.15) is 0 Å². The first kappa shape index (κ1) is 14.1. The maximum atomic E-state index is 11.7. The number of nitrogens with one attached hydrogen (secondary N) is 2. The molecule has 0 radical (unpaired) electrons. The molecule has 0 aromatic rings. The standard InChI is InChI=1S/C13H23N3O3/c1-8(12(17)18)14-13(19)15-9-6-10-4-3-5-11(7-9)16(10)2/h8-11H,3-7H2,1-2H3,(H,17,18)(H2,14,15,19). The third-order valence-electron chi connectivity index (χ3n) is 4.39. The third kappa shape index (κ3) is 3.37. The molecule has 2 amide bonds. The van der Waals surface area contributed by atoms with E-state index in [0.717, 1.165) is 12.8 Å². The second-order valence-corrected chi connectivity index (χ2v) is 5.75. The van der Waals surface area contributed by atoms with Crippen molar-refractivity contribution in [2.24, 2.45) is 0 Å². The van der Waals surface area contributed by atoms with E-state index in [1.165, 1.54) is 26.2 Å². The van der Waals surface area contributed by atoms with Gasteiger partial charge in [0.15, 0.2) is 0 Å². The van der Waals surface area contributed by atoms with Gasteiger partial charge < -0.3 is 20.6 Å². The van der Waals surface area contributed by atoms with E-state index in [1.54, 1.807) is 0 Å². The van der Waals surface area contributed by atoms with Crippen molar-refractivity contribution in [1.29, 1.82) is 0 Å². The minimum Gasteiger partial charge on any atom is -0.480 e. The van der Waals surface area contributed by atoms with Gasteiger partial charge >= 0.3 is 12.0 Å². The van der Waals surface area contributed by atoms with Crippen LogP contribution in [0.1, 0.15) is 39.0 Å². The Balaban J connectivity index is 1.83. The molecule has 2 bridgehead atoms. The van der Waals surface area contributed by atoms with Gasteiger partial charge in [-0.25, -0.2) is 4.79 Å². The first-order valence-corrected chi connectivity index (χ1v) is 6.99. The third-order valence-corrected chi connectivity index (χ3v) is 4.39. The Kier molecular flexibility index (Phi) is 4.29. The molecule has 0 aliphatic carbocycles. The van der Waals surface area contributed by atoms with Crippen LogP contribution in [-0.4, -0.2) is 53.2 Å². The minimum atomic E-state index is -1.02. The van der Waals surface area contributed by atoms with Crippen LogP contribution in [0.25, 0.3) is 0 Å². The maximum Gasteiger partial charge on any atom is 0.325 e. The number of carboxylic acid groups (broad SMARTS) is 1. The van der Waals surface area contributed by atoms with Gasteiger partial charge in [-0.05, 0) is 39.7 Å². The lowest BCUT2D eigenvalue weighted by Gasteiger charge is -2.47. The highest BCUT2D eigenvalue weighted by Crippen LogP contribution is 2.32. The fourth-order valence-electron chi connectivity index (χ4n) is 3.22. The molecule has 2 heterocycles. The fraction of sp³-hybridized carbons (Fsp3) is 0.846. The van der Waals surface area contributed by atoms with Gasteiger partial charge in [0.05, 0.1) is 0 Å². The van der Waals surface area contributed by atoms with E-state index >= 15 is 0 Å². The maximum absolute atomic E-state index is 11.7. The van der Waals surface area contributed by atoms with Crippen LogP contribution in [0.2, 0.25) is 0 Å². The van der Waals surface area contributed by atoms with Gasteiger partial charge in [0.2, 0.25) is 0 Å². The fourth-order valence-corrected chi connectivity index (χ4v) is 3.22. The molecule has 3 atom stereocenters. The Labute approximate surface area is 113 Å². The van der Waals surface area contributed by atoms with Crippen LogP contribution >= 0.6 is 0 Å². The second kappa shape index (κ2) is 5.77. The Morgan fingerprint density at radius 2 is 1.84 bits per heavy atom. The zero-order valence-electron chi connectivity index (χ0n) is 11.6. The average molecular weight is 269 g/mol. The summed E-state index contributed by atoms with van der Waals surface area (Å²) in [7, 11) is 2.16. The van der Waals surface area contributed by atoms with Crippen LogP contribution in [0.3, 0.4) is 0 Å². The molecule has 6 nitrogen and oxygen atoms in total. The lowest BCUT2D eigenvalue weighted by Crippen LogP contribution is -2.57. The number of urea groups is 1. The highest BCUT2D eigenvalue weighted by molar-refractivity contribution is 5.82. The summed E-state index contributed by atoms with van der Waals surface area (Å²) >= 11 is 0. The van der Waals surface area contributed by atoms with Gasteiger partial charge in [-0.1, -0.05) is 6.42 Å². The molecule has 3 N–H and O–H groups in total. The summed E-state index contributed by atoms with van der Waals surface area (Å²) in [6.45, 7) is 1.46. The second-order valence-electron chi connectivity index (χ2n) is 5.75. The van der Waals surface area contributed by atoms with E-state index in [4.69, 9.17) is 5.11 Å². The molecule has 2 saturated heterocycles. The Bertz CT molecular complexity index is 347. The molecule has 2 aliphatic rings. The summed E-state index contributed by atoms with van der Waals surface area (Å²) in [5.74, 6) is -1.02. The van der Waals surface area contributed by atoms with E-state index in [0.29, 0.717) is 12.1 Å². The smallest absolute Gasteiger partial charge is 0.325 e. The van der Waals surface area contributed by atoms with Gasteiger partial charge in [0, 0.05) is 18.1 Å². The quantitative estimate of drug-likeness (QED) is 0.707. The monoisotopic (exact) mass is 269 g/mol. The van der Waals surface area contributed by atoms with Crippen LogP contribution in [-0.2, 0) is 4.79 Å². The van der Waals surface area contributed by atoms with Crippen LogP contribution in [0.5, 0.6) is 0 Å². The number of fused-ring (bicyclic) bond motifs is 2. The Hall–Kier alpha value is -1.30. The lowest BCUT2D eigenvalue weighted by molar-refractivity contribution is -0.138. The molecule has 0 aromatic carbocycles. The molecule has 2 fully saturated rings. The Morgan fingerprint density at radius 3 is 2.37 bits per heavy atom. The first-order chi connectivity index (χ1) is 8.97. The van der Waals surface area contributed by atoms with E-state index in [1.807, 2.05) is 0 Å². The van der Waals surface area contributed by atoms with Crippen molar-refractivity contribution < 1.29 is 14.7 Å². The molecule has 0 saturated carbocycles. The molecule has 2 rings (SSSR count). The summed E-state index contributed by atoms with van der Waals surface area (Å²) in [4.78, 5) is 24.8. The summed E-state index contributed by atoms with van der Waals surface area (Å²) in [6, 6.07) is 0.0326. The number of carbonyl (C=O) groups is 2. The van der Waals surface area contributed by atoms with Crippen molar-refractivity contribution in [3.8, 4) is 0 Å². The zero-order chi connectivity index (χ0) is 14.0. The number of carbonyl (C=O) groups excluding carboxylic acids is 1. The molecule has 3 unspecified atom stereocenters. The lowest BCUT2D eigenvalue weighted by atomic mass is 9.82. The van der Waals surface area contributed by atoms with E-state index in [9.17, 15) is 9.59 Å². The highest BCUT2D eigenvalue weighted by atomic mass is 16.4. The van der Waals surface area contributed by atoms with E-state index < -0.39 is 12.0 Å². The molecule has 6 heteroatoms. The number of nitrogens with zero attached hydrogens (tertiary/aromatic N) is 1. The topological polar surface area (TPSA) is 81.7 Å². The van der Waals surface area contributed by atoms with E-state index in [2.05, 4.69) is 22.6 Å². The zero-order valence-corrected chi connectivity index (χ0v) is 11.6. The molecule has 0 aromatic heterocycles. The van der Waals surface area contributed by atoms with Crippen molar-refractivity contribution in [3.05, 3.63) is 0 Å². The Morgan fingerprint density at radius 1 is 1.26 bits per heavy atom. The molecule has 2 aliphatic heterocycles. The summed E-state index contributed by atoms with van der Waals surface area (Å²) in [5.41, 5.74) is 0. The summed E-state index contributed by atoms with van der Waals surface area (Å²) in [6.07, 6.45) is 5.58. The van der Waals surface area contributed by atoms with Crippen molar-refractivity contribution in [1.82, 2.24) is 15.5 Å². The van der Waals surface area contributed by atoms with Crippen molar-refractivity contribution in [2.45, 2.75) is 63.2 Å². The van der Waals surface area contributed by atoms with Crippen molar-refractivity contribution >= 4 is 12.0 Å². The number of aliphatic carboxylic acids is 1. The first-order valence-electron chi connectivity index (χ1n) is 6.99. The van der Waals surface area contributed by atoms with Crippen LogP contribution < -0.4 is 10.6 Å². The summed E-state index contributed by atoms with van der Waals surface area (Å²) in [5, 5.41) is 14.1. The molecular weight excluding hydrogens is 246 g/mol. The number of rotatable bonds is 3. The summed E-state index contributed by atoms with van der Waals surface area (Å²) < 4.78 is 0. The van der Waals surface area contributed by atoms with Gasteiger partial charge in [0.1, 0.15) is 6.04 Å². The van der Waals surface area contributed by atoms with E-state index in [-0.39, 0.29) is 12.1 Å². The normalized spacial score (nSPS) is 32.4. The number of amides is 2. The van der Waals surface area contributed by atoms with Crippen molar-refractivity contribution in [2.75, 3.05) is 7.05 Å². The molecule has 108 valence electrons. The van der Waals surface area contributed by atoms with Crippen LogP contribution in [0.4, 0.5) is 4.79 Å². The molecule has 19 heavy (non-hydrogen) atoms. The van der Waals surface area contributed by atoms with Gasteiger partial charge in [-0.15, -0.1) is 0 Å². The number of carboxylic acids is 1. The van der Waals surface area contributed by atoms with Gasteiger partial charge in [0.25, 0.3) is 0 Å².